The maximum Gasteiger partial charge on any atom is 0.335 e. The van der Waals surface area contributed by atoms with Crippen LogP contribution in [0, 0.1) is 11.8 Å². The number of hydrogen-bond donors (Lipinski definition) is 2. The molecule has 1 aliphatic carbocycles. The average molecular weight is 230 g/mol. The van der Waals surface area contributed by atoms with Crippen LogP contribution in [0.25, 0.3) is 0 Å². The molecule has 0 aromatic carbocycles. The van der Waals surface area contributed by atoms with Gasteiger partial charge in [0.15, 0.2) is 5.60 Å². The Morgan fingerprint density at radius 1 is 1.38 bits per heavy atom. The number of aliphatic hydroxyl groups is 1. The Balaban J connectivity index is 2.35. The SMILES string of the molecule is CC(C)(OC[C@H]1CCC[C@@H](CO)C1)C(=O)O. The first-order valence-electron chi connectivity index (χ1n) is 5.94. The van der Waals surface area contributed by atoms with Crippen LogP contribution in [0.5, 0.6) is 0 Å². The molecule has 4 nitrogen and oxygen atoms in total. The van der Waals surface area contributed by atoms with Gasteiger partial charge in [-0.3, -0.25) is 0 Å². The third-order valence-electron chi connectivity index (χ3n) is 3.34. The second kappa shape index (κ2) is 5.64. The summed E-state index contributed by atoms with van der Waals surface area (Å²) in [4.78, 5) is 10.8. The van der Waals surface area contributed by atoms with Gasteiger partial charge in [0.05, 0.1) is 6.61 Å². The van der Waals surface area contributed by atoms with Crippen LogP contribution < -0.4 is 0 Å². The zero-order chi connectivity index (χ0) is 12.2. The van der Waals surface area contributed by atoms with E-state index in [9.17, 15) is 4.79 Å². The van der Waals surface area contributed by atoms with Crippen molar-refractivity contribution in [2.75, 3.05) is 13.2 Å². The summed E-state index contributed by atoms with van der Waals surface area (Å²) in [7, 11) is 0. The van der Waals surface area contributed by atoms with Gasteiger partial charge >= 0.3 is 5.97 Å². The molecule has 0 aliphatic heterocycles. The third kappa shape index (κ3) is 3.76. The molecular formula is C12H22O4. The van der Waals surface area contributed by atoms with Crippen LogP contribution in [-0.2, 0) is 9.53 Å². The first kappa shape index (κ1) is 13.5. The minimum atomic E-state index is -1.11. The average Bonchev–Trinajstić information content (AvgIpc) is 2.26. The molecule has 1 aliphatic rings. The van der Waals surface area contributed by atoms with Gasteiger partial charge in [-0.1, -0.05) is 6.42 Å². The molecule has 94 valence electrons. The van der Waals surface area contributed by atoms with Gasteiger partial charge in [-0.05, 0) is 44.9 Å². The molecule has 1 rings (SSSR count). The molecule has 0 aromatic heterocycles. The molecular weight excluding hydrogens is 208 g/mol. The number of carbonyl (C=O) groups is 1. The smallest absolute Gasteiger partial charge is 0.335 e. The summed E-state index contributed by atoms with van der Waals surface area (Å²) in [5.41, 5.74) is -1.11. The summed E-state index contributed by atoms with van der Waals surface area (Å²) < 4.78 is 5.44. The van der Waals surface area contributed by atoms with E-state index < -0.39 is 11.6 Å². The highest BCUT2D eigenvalue weighted by molar-refractivity contribution is 5.76. The lowest BCUT2D eigenvalue weighted by molar-refractivity contribution is -0.163. The van der Waals surface area contributed by atoms with Crippen LogP contribution in [0.3, 0.4) is 0 Å². The van der Waals surface area contributed by atoms with E-state index in [1.807, 2.05) is 0 Å². The summed E-state index contributed by atoms with van der Waals surface area (Å²) in [5.74, 6) is -0.165. The van der Waals surface area contributed by atoms with Crippen molar-refractivity contribution in [3.63, 3.8) is 0 Å². The fraction of sp³-hybridized carbons (Fsp3) is 0.917. The van der Waals surface area contributed by atoms with Gasteiger partial charge in [-0.25, -0.2) is 4.79 Å². The van der Waals surface area contributed by atoms with Gasteiger partial charge in [0.2, 0.25) is 0 Å². The molecule has 4 heteroatoms. The second-order valence-corrected chi connectivity index (χ2v) is 5.21. The van der Waals surface area contributed by atoms with Crippen molar-refractivity contribution in [3.8, 4) is 0 Å². The Morgan fingerprint density at radius 3 is 2.56 bits per heavy atom. The van der Waals surface area contributed by atoms with Crippen molar-refractivity contribution in [3.05, 3.63) is 0 Å². The second-order valence-electron chi connectivity index (χ2n) is 5.21. The maximum absolute atomic E-state index is 10.8. The number of carboxylic acids is 1. The van der Waals surface area contributed by atoms with Crippen molar-refractivity contribution in [1.82, 2.24) is 0 Å². The van der Waals surface area contributed by atoms with E-state index in [2.05, 4.69) is 0 Å². The number of hydrogen-bond acceptors (Lipinski definition) is 3. The van der Waals surface area contributed by atoms with Gasteiger partial charge < -0.3 is 14.9 Å². The van der Waals surface area contributed by atoms with Crippen LogP contribution in [0.2, 0.25) is 0 Å². The molecule has 0 amide bonds. The summed E-state index contributed by atoms with van der Waals surface area (Å²) in [5, 5.41) is 18.0. The van der Waals surface area contributed by atoms with E-state index >= 15 is 0 Å². The number of ether oxygens (including phenoxy) is 1. The lowest BCUT2D eigenvalue weighted by Gasteiger charge is -2.30. The summed E-state index contributed by atoms with van der Waals surface area (Å²) in [6.07, 6.45) is 4.21. The standard InChI is InChI=1S/C12H22O4/c1-12(2,11(14)15)16-8-10-5-3-4-9(6-10)7-13/h9-10,13H,3-8H2,1-2H3,(H,14,15)/t9-,10+/m1/s1. The van der Waals surface area contributed by atoms with Gasteiger partial charge in [0.25, 0.3) is 0 Å². The zero-order valence-electron chi connectivity index (χ0n) is 10.1. The van der Waals surface area contributed by atoms with E-state index in [0.29, 0.717) is 18.4 Å². The van der Waals surface area contributed by atoms with Crippen LogP contribution in [0.1, 0.15) is 39.5 Å². The number of carboxylic acid groups (broad SMARTS) is 1. The Kier molecular flexibility index (Phi) is 4.74. The number of aliphatic hydroxyl groups excluding tert-OH is 1. The normalized spacial score (nSPS) is 26.7. The molecule has 0 radical (unpaired) electrons. The van der Waals surface area contributed by atoms with Crippen LogP contribution in [0.15, 0.2) is 0 Å². The summed E-state index contributed by atoms with van der Waals surface area (Å²) in [6, 6.07) is 0. The Hall–Kier alpha value is -0.610. The van der Waals surface area contributed by atoms with E-state index in [-0.39, 0.29) is 6.61 Å². The van der Waals surface area contributed by atoms with Crippen molar-refractivity contribution >= 4 is 5.97 Å². The Labute approximate surface area is 96.6 Å². The van der Waals surface area contributed by atoms with Gasteiger partial charge in [-0.15, -0.1) is 0 Å². The van der Waals surface area contributed by atoms with E-state index in [0.717, 1.165) is 25.7 Å². The molecule has 0 saturated heterocycles. The molecule has 16 heavy (non-hydrogen) atoms. The molecule has 0 spiro atoms. The maximum atomic E-state index is 10.8. The van der Waals surface area contributed by atoms with Gasteiger partial charge in [0, 0.05) is 6.61 Å². The largest absolute Gasteiger partial charge is 0.479 e. The van der Waals surface area contributed by atoms with Gasteiger partial charge in [0.1, 0.15) is 0 Å². The molecule has 0 aromatic rings. The molecule has 0 bridgehead atoms. The highest BCUT2D eigenvalue weighted by Crippen LogP contribution is 2.29. The molecule has 2 atom stereocenters. The minimum Gasteiger partial charge on any atom is -0.479 e. The monoisotopic (exact) mass is 230 g/mol. The zero-order valence-corrected chi connectivity index (χ0v) is 10.1. The predicted molar refractivity (Wildman–Crippen MR) is 60.2 cm³/mol. The lowest BCUT2D eigenvalue weighted by atomic mass is 9.82. The summed E-state index contributed by atoms with van der Waals surface area (Å²) >= 11 is 0. The fourth-order valence-corrected chi connectivity index (χ4v) is 2.11. The first-order valence-corrected chi connectivity index (χ1v) is 5.94. The molecule has 1 saturated carbocycles. The van der Waals surface area contributed by atoms with Crippen molar-refractivity contribution in [2.24, 2.45) is 11.8 Å². The van der Waals surface area contributed by atoms with Crippen molar-refractivity contribution in [2.45, 2.75) is 45.1 Å². The minimum absolute atomic E-state index is 0.235. The first-order chi connectivity index (χ1) is 7.45. The molecule has 0 heterocycles. The molecule has 1 fully saturated rings. The molecule has 0 unspecified atom stereocenters. The number of rotatable bonds is 5. The number of aliphatic carboxylic acids is 1. The van der Waals surface area contributed by atoms with Gasteiger partial charge in [-0.2, -0.15) is 0 Å². The van der Waals surface area contributed by atoms with Crippen LogP contribution in [0.4, 0.5) is 0 Å². The fourth-order valence-electron chi connectivity index (χ4n) is 2.11. The Bertz CT molecular complexity index is 237. The Morgan fingerprint density at radius 2 is 2.00 bits per heavy atom. The van der Waals surface area contributed by atoms with Crippen molar-refractivity contribution in [1.29, 1.82) is 0 Å². The third-order valence-corrected chi connectivity index (χ3v) is 3.34. The van der Waals surface area contributed by atoms with Crippen LogP contribution in [-0.4, -0.2) is 35.0 Å². The van der Waals surface area contributed by atoms with Crippen molar-refractivity contribution < 1.29 is 19.7 Å². The van der Waals surface area contributed by atoms with Crippen LogP contribution >= 0.6 is 0 Å². The highest BCUT2D eigenvalue weighted by Gasteiger charge is 2.30. The highest BCUT2D eigenvalue weighted by atomic mass is 16.5. The summed E-state index contributed by atoms with van der Waals surface area (Å²) in [6.45, 7) is 3.86. The lowest BCUT2D eigenvalue weighted by Crippen LogP contribution is -2.37. The van der Waals surface area contributed by atoms with E-state index in [1.165, 1.54) is 0 Å². The topological polar surface area (TPSA) is 66.8 Å². The quantitative estimate of drug-likeness (QED) is 0.754. The molecule has 2 N–H and O–H groups in total. The van der Waals surface area contributed by atoms with E-state index in [1.54, 1.807) is 13.8 Å². The van der Waals surface area contributed by atoms with E-state index in [4.69, 9.17) is 14.9 Å². The predicted octanol–water partition coefficient (Wildman–Crippen LogP) is 1.66.